The Morgan fingerprint density at radius 3 is 2.70 bits per heavy atom. The maximum absolute atomic E-state index is 12.8. The van der Waals surface area contributed by atoms with Crippen molar-refractivity contribution in [3.8, 4) is 16.9 Å². The number of likely N-dealkylation sites (tertiary alicyclic amines) is 1. The summed E-state index contributed by atoms with van der Waals surface area (Å²) in [7, 11) is 0. The molecular formula is C23H26NO3+. The van der Waals surface area contributed by atoms with Gasteiger partial charge in [0.2, 0.25) is 0 Å². The van der Waals surface area contributed by atoms with Gasteiger partial charge in [-0.3, -0.25) is 0 Å². The molecule has 140 valence electrons. The lowest BCUT2D eigenvalue weighted by atomic mass is 9.97. The maximum atomic E-state index is 12.8. The number of piperidine rings is 1. The summed E-state index contributed by atoms with van der Waals surface area (Å²) in [5.41, 5.74) is 3.28. The van der Waals surface area contributed by atoms with Crippen molar-refractivity contribution in [2.24, 2.45) is 5.92 Å². The first-order valence-electron chi connectivity index (χ1n) is 9.72. The molecule has 0 saturated carbocycles. The predicted octanol–water partition coefficient (Wildman–Crippen LogP) is 3.29. The molecule has 0 spiro atoms. The van der Waals surface area contributed by atoms with E-state index in [2.05, 4.69) is 6.92 Å². The minimum atomic E-state index is -0.347. The number of aryl methyl sites for hydroxylation is 1. The molecule has 0 bridgehead atoms. The third-order valence-electron chi connectivity index (χ3n) is 5.77. The van der Waals surface area contributed by atoms with Crippen LogP contribution in [0.3, 0.4) is 0 Å². The summed E-state index contributed by atoms with van der Waals surface area (Å²) in [6.45, 7) is 7.09. The van der Waals surface area contributed by atoms with Gasteiger partial charge in [-0.1, -0.05) is 37.3 Å². The monoisotopic (exact) mass is 364 g/mol. The molecule has 1 fully saturated rings. The highest BCUT2D eigenvalue weighted by Crippen LogP contribution is 2.32. The second-order valence-electron chi connectivity index (χ2n) is 7.82. The SMILES string of the molecule is Cc1c(-c2ccccc2)c(=O)oc2c(C[NH+]3CCC[C@@H](C)C3)c(O)ccc12. The van der Waals surface area contributed by atoms with Crippen molar-refractivity contribution >= 4 is 11.0 Å². The van der Waals surface area contributed by atoms with Crippen LogP contribution in [0.25, 0.3) is 22.1 Å². The van der Waals surface area contributed by atoms with Crippen LogP contribution >= 0.6 is 0 Å². The summed E-state index contributed by atoms with van der Waals surface area (Å²) in [4.78, 5) is 14.2. The first kappa shape index (κ1) is 17.8. The third kappa shape index (κ3) is 3.37. The molecule has 27 heavy (non-hydrogen) atoms. The lowest BCUT2D eigenvalue weighted by molar-refractivity contribution is -0.922. The van der Waals surface area contributed by atoms with Crippen LogP contribution in [0.4, 0.5) is 0 Å². The Balaban J connectivity index is 1.84. The lowest BCUT2D eigenvalue weighted by Gasteiger charge is -2.28. The van der Waals surface area contributed by atoms with Crippen molar-refractivity contribution in [3.05, 3.63) is 64.0 Å². The molecule has 4 rings (SSSR count). The summed E-state index contributed by atoms with van der Waals surface area (Å²) in [5, 5.41) is 11.4. The van der Waals surface area contributed by atoms with Crippen LogP contribution in [0.15, 0.2) is 51.7 Å². The molecule has 2 heterocycles. The second-order valence-corrected chi connectivity index (χ2v) is 7.82. The average molecular weight is 364 g/mol. The molecule has 1 saturated heterocycles. The Labute approximate surface area is 159 Å². The fourth-order valence-electron chi connectivity index (χ4n) is 4.38. The average Bonchev–Trinajstić information content (AvgIpc) is 2.65. The molecule has 1 aromatic heterocycles. The largest absolute Gasteiger partial charge is 0.507 e. The second kappa shape index (κ2) is 7.20. The number of hydrogen-bond donors (Lipinski definition) is 2. The van der Waals surface area contributed by atoms with Crippen molar-refractivity contribution < 1.29 is 14.4 Å². The highest BCUT2D eigenvalue weighted by Gasteiger charge is 2.24. The van der Waals surface area contributed by atoms with Gasteiger partial charge in [0.25, 0.3) is 0 Å². The number of benzene rings is 2. The van der Waals surface area contributed by atoms with E-state index in [0.29, 0.717) is 23.6 Å². The quantitative estimate of drug-likeness (QED) is 0.701. The van der Waals surface area contributed by atoms with Gasteiger partial charge in [0.15, 0.2) is 5.58 Å². The molecule has 3 aromatic rings. The van der Waals surface area contributed by atoms with E-state index in [-0.39, 0.29) is 11.4 Å². The van der Waals surface area contributed by atoms with Gasteiger partial charge in [-0.25, -0.2) is 4.79 Å². The van der Waals surface area contributed by atoms with E-state index >= 15 is 0 Å². The van der Waals surface area contributed by atoms with Crippen LogP contribution in [0.2, 0.25) is 0 Å². The van der Waals surface area contributed by atoms with E-state index in [1.54, 1.807) is 6.07 Å². The van der Waals surface area contributed by atoms with Gasteiger partial charge in [0, 0.05) is 11.3 Å². The van der Waals surface area contributed by atoms with E-state index in [4.69, 9.17) is 4.42 Å². The van der Waals surface area contributed by atoms with Gasteiger partial charge in [-0.05, 0) is 43.0 Å². The first-order valence-corrected chi connectivity index (χ1v) is 9.72. The zero-order valence-corrected chi connectivity index (χ0v) is 15.9. The van der Waals surface area contributed by atoms with E-state index < -0.39 is 0 Å². The molecule has 0 radical (unpaired) electrons. The fraction of sp³-hybridized carbons (Fsp3) is 0.348. The van der Waals surface area contributed by atoms with Crippen LogP contribution in [-0.2, 0) is 6.54 Å². The van der Waals surface area contributed by atoms with Crippen molar-refractivity contribution in [2.45, 2.75) is 33.2 Å². The molecule has 2 aromatic carbocycles. The normalized spacial score (nSPS) is 20.1. The number of hydrogen-bond acceptors (Lipinski definition) is 3. The smallest absolute Gasteiger partial charge is 0.344 e. The molecule has 4 heteroatoms. The van der Waals surface area contributed by atoms with Gasteiger partial charge in [0.1, 0.15) is 12.3 Å². The van der Waals surface area contributed by atoms with Gasteiger partial charge in [-0.15, -0.1) is 0 Å². The third-order valence-corrected chi connectivity index (χ3v) is 5.77. The predicted molar refractivity (Wildman–Crippen MR) is 107 cm³/mol. The summed E-state index contributed by atoms with van der Waals surface area (Å²) in [5.74, 6) is 0.896. The molecule has 1 aliphatic rings. The maximum Gasteiger partial charge on any atom is 0.344 e. The minimum absolute atomic E-state index is 0.211. The van der Waals surface area contributed by atoms with Gasteiger partial charge >= 0.3 is 5.63 Å². The molecule has 2 N–H and O–H groups in total. The zero-order chi connectivity index (χ0) is 19.0. The Kier molecular flexibility index (Phi) is 4.75. The Bertz CT molecular complexity index is 1020. The number of phenols is 1. The van der Waals surface area contributed by atoms with E-state index in [9.17, 15) is 9.90 Å². The van der Waals surface area contributed by atoms with E-state index in [1.807, 2.05) is 43.3 Å². The Morgan fingerprint density at radius 2 is 1.96 bits per heavy atom. The van der Waals surface area contributed by atoms with Crippen LogP contribution in [-0.4, -0.2) is 18.2 Å². The van der Waals surface area contributed by atoms with Gasteiger partial charge in [0.05, 0.1) is 24.2 Å². The van der Waals surface area contributed by atoms with Crippen molar-refractivity contribution in [2.75, 3.05) is 13.1 Å². The molecule has 1 aliphatic heterocycles. The Morgan fingerprint density at radius 1 is 1.19 bits per heavy atom. The minimum Gasteiger partial charge on any atom is -0.507 e. The summed E-state index contributed by atoms with van der Waals surface area (Å²) in [6.07, 6.45) is 2.46. The van der Waals surface area contributed by atoms with Gasteiger partial charge < -0.3 is 14.4 Å². The Hall–Kier alpha value is -2.59. The molecular weight excluding hydrogens is 338 g/mol. The first-order chi connectivity index (χ1) is 13.0. The van der Waals surface area contributed by atoms with Gasteiger partial charge in [-0.2, -0.15) is 0 Å². The number of fused-ring (bicyclic) bond motifs is 1. The van der Waals surface area contributed by atoms with Crippen LogP contribution in [0.5, 0.6) is 5.75 Å². The molecule has 4 nitrogen and oxygen atoms in total. The standard InChI is InChI=1S/C23H25NO3/c1-15-7-6-12-24(13-15)14-19-20(25)11-10-18-16(2)21(23(26)27-22(18)19)17-8-4-3-5-9-17/h3-5,8-11,15,25H,6-7,12-14H2,1-2H3/p+1/t15-/m1/s1. The highest BCUT2D eigenvalue weighted by molar-refractivity contribution is 5.89. The number of aromatic hydroxyl groups is 1. The number of quaternary nitrogens is 1. The fourth-order valence-corrected chi connectivity index (χ4v) is 4.38. The molecule has 1 unspecified atom stereocenters. The van der Waals surface area contributed by atoms with Crippen LogP contribution in [0, 0.1) is 12.8 Å². The molecule has 2 atom stereocenters. The van der Waals surface area contributed by atoms with E-state index in [1.165, 1.54) is 17.7 Å². The number of rotatable bonds is 3. The van der Waals surface area contributed by atoms with E-state index in [0.717, 1.165) is 35.2 Å². The highest BCUT2D eigenvalue weighted by atomic mass is 16.4. The summed E-state index contributed by atoms with van der Waals surface area (Å²) < 4.78 is 5.78. The molecule has 0 aliphatic carbocycles. The van der Waals surface area contributed by atoms with Crippen molar-refractivity contribution in [1.29, 1.82) is 0 Å². The topological polar surface area (TPSA) is 54.9 Å². The number of phenolic OH excluding ortho intramolecular Hbond substituents is 1. The van der Waals surface area contributed by atoms with Crippen molar-refractivity contribution in [1.82, 2.24) is 0 Å². The lowest BCUT2D eigenvalue weighted by Crippen LogP contribution is -3.12. The summed E-state index contributed by atoms with van der Waals surface area (Å²) in [6, 6.07) is 13.2. The summed E-state index contributed by atoms with van der Waals surface area (Å²) >= 11 is 0. The van der Waals surface area contributed by atoms with Crippen LogP contribution < -0.4 is 10.5 Å². The van der Waals surface area contributed by atoms with Crippen molar-refractivity contribution in [3.63, 3.8) is 0 Å². The zero-order valence-electron chi connectivity index (χ0n) is 15.9. The molecule has 0 amide bonds. The number of nitrogens with one attached hydrogen (secondary N) is 1. The van der Waals surface area contributed by atoms with Crippen LogP contribution in [0.1, 0.15) is 30.9 Å².